The monoisotopic (exact) mass is 454 g/mol. The van der Waals surface area contributed by atoms with Gasteiger partial charge in [0.05, 0.1) is 10.6 Å². The second-order valence-electron chi connectivity index (χ2n) is 6.81. The summed E-state index contributed by atoms with van der Waals surface area (Å²) < 4.78 is 1.96. The molecule has 152 valence electrons. The molecule has 0 radical (unpaired) electrons. The van der Waals surface area contributed by atoms with Gasteiger partial charge in [-0.2, -0.15) is 0 Å². The van der Waals surface area contributed by atoms with E-state index >= 15 is 0 Å². The van der Waals surface area contributed by atoms with E-state index in [0.717, 1.165) is 33.2 Å². The van der Waals surface area contributed by atoms with Gasteiger partial charge in [-0.15, -0.1) is 21.5 Å². The third kappa shape index (κ3) is 4.75. The molecule has 1 amide bonds. The molecule has 0 aliphatic carbocycles. The van der Waals surface area contributed by atoms with Gasteiger partial charge in [-0.05, 0) is 72.8 Å². The number of anilines is 1. The summed E-state index contributed by atoms with van der Waals surface area (Å²) in [7, 11) is 0. The minimum atomic E-state index is -0.0895. The molecule has 0 aliphatic rings. The molecule has 0 saturated carbocycles. The van der Waals surface area contributed by atoms with E-state index in [9.17, 15) is 4.79 Å². The molecule has 2 heterocycles. The van der Waals surface area contributed by atoms with Crippen molar-refractivity contribution < 1.29 is 4.79 Å². The number of nitrogens with zero attached hydrogens (tertiary/aromatic N) is 3. The van der Waals surface area contributed by atoms with Crippen LogP contribution in [0.1, 0.15) is 11.1 Å². The molecular formula is C22H19ClN4OS2. The Kier molecular flexibility index (Phi) is 6.22. The van der Waals surface area contributed by atoms with Crippen LogP contribution in [0.3, 0.4) is 0 Å². The normalized spacial score (nSPS) is 10.9. The Balaban J connectivity index is 1.56. The molecular weight excluding hydrogens is 436 g/mol. The molecule has 4 rings (SSSR count). The summed E-state index contributed by atoms with van der Waals surface area (Å²) in [5, 5.41) is 15.0. The van der Waals surface area contributed by atoms with Gasteiger partial charge >= 0.3 is 0 Å². The first kappa shape index (κ1) is 20.7. The van der Waals surface area contributed by atoms with E-state index in [-0.39, 0.29) is 11.7 Å². The summed E-state index contributed by atoms with van der Waals surface area (Å²) in [6.45, 7) is 4.02. The molecule has 1 N–H and O–H groups in total. The fourth-order valence-corrected chi connectivity index (χ4v) is 4.70. The maximum absolute atomic E-state index is 12.5. The largest absolute Gasteiger partial charge is 0.325 e. The number of hydrogen-bond donors (Lipinski definition) is 1. The number of aromatic nitrogens is 3. The molecule has 0 bridgehead atoms. The van der Waals surface area contributed by atoms with Crippen molar-refractivity contribution in [1.82, 2.24) is 14.8 Å². The Morgan fingerprint density at radius 3 is 2.50 bits per heavy atom. The van der Waals surface area contributed by atoms with E-state index in [1.807, 2.05) is 72.3 Å². The van der Waals surface area contributed by atoms with Gasteiger partial charge in [0, 0.05) is 16.4 Å². The van der Waals surface area contributed by atoms with Crippen LogP contribution in [0.2, 0.25) is 5.02 Å². The van der Waals surface area contributed by atoms with Crippen molar-refractivity contribution >= 4 is 46.3 Å². The maximum Gasteiger partial charge on any atom is 0.234 e. The third-order valence-electron chi connectivity index (χ3n) is 4.30. The van der Waals surface area contributed by atoms with Crippen LogP contribution in [-0.4, -0.2) is 26.4 Å². The van der Waals surface area contributed by atoms with Crippen LogP contribution in [0.5, 0.6) is 0 Å². The summed E-state index contributed by atoms with van der Waals surface area (Å²) in [5.74, 6) is 0.876. The summed E-state index contributed by atoms with van der Waals surface area (Å²) in [4.78, 5) is 13.5. The number of amides is 1. The van der Waals surface area contributed by atoms with Crippen molar-refractivity contribution in [3.8, 4) is 16.4 Å². The summed E-state index contributed by atoms with van der Waals surface area (Å²) in [6.07, 6.45) is 0. The number of rotatable bonds is 6. The van der Waals surface area contributed by atoms with Crippen LogP contribution in [0.4, 0.5) is 5.69 Å². The highest BCUT2D eigenvalue weighted by Gasteiger charge is 2.18. The molecule has 2 aromatic heterocycles. The van der Waals surface area contributed by atoms with Crippen molar-refractivity contribution in [2.24, 2.45) is 0 Å². The minimum Gasteiger partial charge on any atom is -0.325 e. The van der Waals surface area contributed by atoms with Gasteiger partial charge < -0.3 is 5.32 Å². The van der Waals surface area contributed by atoms with Crippen LogP contribution < -0.4 is 5.32 Å². The molecule has 0 aliphatic heterocycles. The molecule has 2 aromatic carbocycles. The Labute approximate surface area is 188 Å². The second kappa shape index (κ2) is 9.04. The number of halogens is 1. The Morgan fingerprint density at radius 1 is 1.10 bits per heavy atom. The van der Waals surface area contributed by atoms with Gasteiger partial charge in [0.15, 0.2) is 11.0 Å². The van der Waals surface area contributed by atoms with Crippen LogP contribution in [-0.2, 0) is 4.79 Å². The molecule has 0 atom stereocenters. The predicted molar refractivity (Wildman–Crippen MR) is 125 cm³/mol. The number of nitrogens with one attached hydrogen (secondary N) is 1. The molecule has 0 saturated heterocycles. The van der Waals surface area contributed by atoms with Gasteiger partial charge in [0.1, 0.15) is 0 Å². The van der Waals surface area contributed by atoms with Crippen LogP contribution >= 0.6 is 34.7 Å². The highest BCUT2D eigenvalue weighted by molar-refractivity contribution is 7.99. The molecule has 8 heteroatoms. The standard InChI is InChI=1S/C22H19ClN4OS2/c1-14-10-15(2)12-17(11-14)24-20(28)13-30-22-26-25-21(19-4-3-9-29-19)27(22)18-7-5-16(23)6-8-18/h3-12H,13H2,1-2H3,(H,24,28). The van der Waals surface area contributed by atoms with E-state index in [0.29, 0.717) is 10.2 Å². The SMILES string of the molecule is Cc1cc(C)cc(NC(=O)CSc2nnc(-c3cccs3)n2-c2ccc(Cl)cc2)c1. The zero-order valence-electron chi connectivity index (χ0n) is 16.4. The first-order valence-electron chi connectivity index (χ1n) is 9.26. The number of carbonyl (C=O) groups is 1. The van der Waals surface area contributed by atoms with Crippen LogP contribution in [0.25, 0.3) is 16.4 Å². The Morgan fingerprint density at radius 2 is 1.83 bits per heavy atom. The van der Waals surface area contributed by atoms with Crippen molar-refractivity contribution in [2.75, 3.05) is 11.1 Å². The van der Waals surface area contributed by atoms with Gasteiger partial charge in [0.25, 0.3) is 0 Å². The maximum atomic E-state index is 12.5. The zero-order chi connectivity index (χ0) is 21.1. The lowest BCUT2D eigenvalue weighted by Gasteiger charge is -2.10. The quantitative estimate of drug-likeness (QED) is 0.363. The molecule has 30 heavy (non-hydrogen) atoms. The van der Waals surface area contributed by atoms with E-state index in [1.54, 1.807) is 11.3 Å². The number of hydrogen-bond acceptors (Lipinski definition) is 5. The lowest BCUT2D eigenvalue weighted by atomic mass is 10.1. The van der Waals surface area contributed by atoms with E-state index in [2.05, 4.69) is 21.6 Å². The summed E-state index contributed by atoms with van der Waals surface area (Å²) >= 11 is 9.00. The van der Waals surface area contributed by atoms with Gasteiger partial charge in [-0.3, -0.25) is 9.36 Å². The van der Waals surface area contributed by atoms with Crippen molar-refractivity contribution in [1.29, 1.82) is 0 Å². The predicted octanol–water partition coefficient (Wildman–Crippen LogP) is 6.00. The van der Waals surface area contributed by atoms with Crippen molar-refractivity contribution in [3.05, 3.63) is 76.1 Å². The van der Waals surface area contributed by atoms with E-state index in [1.165, 1.54) is 11.8 Å². The highest BCUT2D eigenvalue weighted by atomic mass is 35.5. The number of thiophene rings is 1. The zero-order valence-corrected chi connectivity index (χ0v) is 18.8. The van der Waals surface area contributed by atoms with Crippen molar-refractivity contribution in [3.63, 3.8) is 0 Å². The van der Waals surface area contributed by atoms with Gasteiger partial charge in [-0.1, -0.05) is 35.5 Å². The molecule has 0 spiro atoms. The number of carbonyl (C=O) groups excluding carboxylic acids is 1. The lowest BCUT2D eigenvalue weighted by Crippen LogP contribution is -2.14. The Hall–Kier alpha value is -2.61. The lowest BCUT2D eigenvalue weighted by molar-refractivity contribution is -0.113. The molecule has 5 nitrogen and oxygen atoms in total. The van der Waals surface area contributed by atoms with Gasteiger partial charge in [0.2, 0.25) is 5.91 Å². The average molecular weight is 455 g/mol. The van der Waals surface area contributed by atoms with Crippen LogP contribution in [0.15, 0.2) is 65.1 Å². The summed E-state index contributed by atoms with van der Waals surface area (Å²) in [6, 6.07) is 17.5. The van der Waals surface area contributed by atoms with E-state index < -0.39 is 0 Å². The fourth-order valence-electron chi connectivity index (χ4n) is 3.13. The first-order chi connectivity index (χ1) is 14.5. The second-order valence-corrected chi connectivity index (χ2v) is 9.14. The summed E-state index contributed by atoms with van der Waals surface area (Å²) in [5.41, 5.74) is 3.92. The molecule has 4 aromatic rings. The minimum absolute atomic E-state index is 0.0895. The fraction of sp³-hybridized carbons (Fsp3) is 0.136. The third-order valence-corrected chi connectivity index (χ3v) is 6.34. The number of aryl methyl sites for hydroxylation is 2. The average Bonchev–Trinajstić information content (AvgIpc) is 3.36. The number of benzene rings is 2. The van der Waals surface area contributed by atoms with Gasteiger partial charge in [-0.25, -0.2) is 0 Å². The molecule has 0 fully saturated rings. The van der Waals surface area contributed by atoms with Crippen LogP contribution in [0, 0.1) is 13.8 Å². The Bertz CT molecular complexity index is 1150. The topological polar surface area (TPSA) is 59.8 Å². The number of thioether (sulfide) groups is 1. The smallest absolute Gasteiger partial charge is 0.234 e. The molecule has 0 unspecified atom stereocenters. The van der Waals surface area contributed by atoms with E-state index in [4.69, 9.17) is 11.6 Å². The van der Waals surface area contributed by atoms with Crippen molar-refractivity contribution in [2.45, 2.75) is 19.0 Å². The first-order valence-corrected chi connectivity index (χ1v) is 11.5. The highest BCUT2D eigenvalue weighted by Crippen LogP contribution is 2.31.